The Hall–Kier alpha value is -1.88. The van der Waals surface area contributed by atoms with Gasteiger partial charge in [0.05, 0.1) is 6.10 Å². The molecule has 0 radical (unpaired) electrons. The first kappa shape index (κ1) is 14.1. The van der Waals surface area contributed by atoms with Crippen molar-refractivity contribution in [3.05, 3.63) is 24.1 Å². The van der Waals surface area contributed by atoms with Crippen molar-refractivity contribution in [1.29, 1.82) is 0 Å². The van der Waals surface area contributed by atoms with E-state index in [1.165, 1.54) is 0 Å². The molecule has 1 aromatic carbocycles. The van der Waals surface area contributed by atoms with Crippen LogP contribution in [0.5, 0.6) is 0 Å². The lowest BCUT2D eigenvalue weighted by molar-refractivity contribution is -0.116. The molecule has 1 aromatic heterocycles. The van der Waals surface area contributed by atoms with E-state index in [0.717, 1.165) is 49.1 Å². The van der Waals surface area contributed by atoms with Crippen LogP contribution in [-0.2, 0) is 16.0 Å². The smallest absolute Gasteiger partial charge is 0.224 e. The number of anilines is 1. The summed E-state index contributed by atoms with van der Waals surface area (Å²) in [6, 6.07) is 5.54. The van der Waals surface area contributed by atoms with E-state index in [1.807, 2.05) is 25.1 Å². The molecule has 1 amide bonds. The molecule has 1 saturated heterocycles. The largest absolute Gasteiger partial charge is 0.441 e. The van der Waals surface area contributed by atoms with Crippen LogP contribution in [0.2, 0.25) is 0 Å². The predicted octanol–water partition coefficient (Wildman–Crippen LogP) is 3.29. The number of rotatable bonds is 5. The van der Waals surface area contributed by atoms with E-state index in [2.05, 4.69) is 10.3 Å². The molecule has 2 heterocycles. The number of aromatic nitrogens is 1. The van der Waals surface area contributed by atoms with Gasteiger partial charge in [0.2, 0.25) is 5.91 Å². The maximum absolute atomic E-state index is 12.0. The molecule has 1 fully saturated rings. The Morgan fingerprint density at radius 2 is 2.38 bits per heavy atom. The van der Waals surface area contributed by atoms with Gasteiger partial charge in [0.15, 0.2) is 11.5 Å². The molecule has 0 bridgehead atoms. The Morgan fingerprint density at radius 3 is 3.14 bits per heavy atom. The molecule has 0 aliphatic carbocycles. The van der Waals surface area contributed by atoms with E-state index in [1.54, 1.807) is 0 Å². The van der Waals surface area contributed by atoms with Crippen molar-refractivity contribution < 1.29 is 13.9 Å². The van der Waals surface area contributed by atoms with Crippen molar-refractivity contribution in [3.63, 3.8) is 0 Å². The maximum Gasteiger partial charge on any atom is 0.224 e. The zero-order valence-electron chi connectivity index (χ0n) is 12.2. The zero-order chi connectivity index (χ0) is 14.7. The summed E-state index contributed by atoms with van der Waals surface area (Å²) >= 11 is 0. The summed E-state index contributed by atoms with van der Waals surface area (Å²) in [5.74, 6) is 0.732. The number of carbonyl (C=O) groups is 1. The summed E-state index contributed by atoms with van der Waals surface area (Å²) < 4.78 is 11.1. The highest BCUT2D eigenvalue weighted by Gasteiger charge is 2.16. The molecule has 0 saturated carbocycles. The van der Waals surface area contributed by atoms with Crippen LogP contribution >= 0.6 is 0 Å². The standard InChI is InChI=1S/C16H20N2O3/c1-2-16-18-13-10-11(5-7-14(13)21-16)17-15(19)8-6-12-4-3-9-20-12/h5,7,10,12H,2-4,6,8-9H2,1H3,(H,17,19)/t12-/m1/s1. The van der Waals surface area contributed by atoms with Gasteiger partial charge in [0, 0.05) is 25.1 Å². The summed E-state index contributed by atoms with van der Waals surface area (Å²) in [7, 11) is 0. The van der Waals surface area contributed by atoms with Crippen molar-refractivity contribution in [1.82, 2.24) is 4.98 Å². The second-order valence-electron chi connectivity index (χ2n) is 5.37. The molecule has 0 unspecified atom stereocenters. The molecule has 5 heteroatoms. The van der Waals surface area contributed by atoms with E-state index in [4.69, 9.17) is 9.15 Å². The summed E-state index contributed by atoms with van der Waals surface area (Å²) in [6.07, 6.45) is 4.46. The summed E-state index contributed by atoms with van der Waals surface area (Å²) in [6.45, 7) is 2.83. The fourth-order valence-corrected chi connectivity index (χ4v) is 2.59. The van der Waals surface area contributed by atoms with Crippen LogP contribution in [0, 0.1) is 0 Å². The average molecular weight is 288 g/mol. The molecule has 2 aromatic rings. The predicted molar refractivity (Wildman–Crippen MR) is 80.2 cm³/mol. The van der Waals surface area contributed by atoms with Gasteiger partial charge in [-0.1, -0.05) is 6.92 Å². The van der Waals surface area contributed by atoms with Crippen LogP contribution in [0.1, 0.15) is 38.5 Å². The number of nitrogens with one attached hydrogen (secondary N) is 1. The highest BCUT2D eigenvalue weighted by Crippen LogP contribution is 2.21. The minimum atomic E-state index is 0.0176. The molecule has 0 spiro atoms. The van der Waals surface area contributed by atoms with Gasteiger partial charge < -0.3 is 14.5 Å². The number of oxazole rings is 1. The Morgan fingerprint density at radius 1 is 1.48 bits per heavy atom. The number of nitrogens with zero attached hydrogens (tertiary/aromatic N) is 1. The highest BCUT2D eigenvalue weighted by atomic mass is 16.5. The van der Waals surface area contributed by atoms with Gasteiger partial charge in [-0.25, -0.2) is 4.98 Å². The second-order valence-corrected chi connectivity index (χ2v) is 5.37. The molecule has 1 N–H and O–H groups in total. The first-order chi connectivity index (χ1) is 10.2. The van der Waals surface area contributed by atoms with E-state index in [-0.39, 0.29) is 12.0 Å². The lowest BCUT2D eigenvalue weighted by atomic mass is 10.1. The third-order valence-electron chi connectivity index (χ3n) is 3.74. The van der Waals surface area contributed by atoms with Crippen LogP contribution < -0.4 is 5.32 Å². The monoisotopic (exact) mass is 288 g/mol. The highest BCUT2D eigenvalue weighted by molar-refractivity contribution is 5.92. The number of amides is 1. The van der Waals surface area contributed by atoms with E-state index >= 15 is 0 Å². The van der Waals surface area contributed by atoms with Gasteiger partial charge in [0.1, 0.15) is 5.52 Å². The minimum absolute atomic E-state index is 0.0176. The Bertz CT molecular complexity index is 629. The minimum Gasteiger partial charge on any atom is -0.441 e. The van der Waals surface area contributed by atoms with Crippen LogP contribution in [0.4, 0.5) is 5.69 Å². The lowest BCUT2D eigenvalue weighted by Gasteiger charge is -2.09. The van der Waals surface area contributed by atoms with Crippen LogP contribution in [0.25, 0.3) is 11.1 Å². The van der Waals surface area contributed by atoms with Crippen molar-refractivity contribution >= 4 is 22.7 Å². The summed E-state index contributed by atoms with van der Waals surface area (Å²) in [5.41, 5.74) is 2.30. The summed E-state index contributed by atoms with van der Waals surface area (Å²) in [4.78, 5) is 16.3. The third kappa shape index (κ3) is 3.42. The van der Waals surface area contributed by atoms with E-state index in [0.29, 0.717) is 12.3 Å². The number of aryl methyl sites for hydroxylation is 1. The lowest BCUT2D eigenvalue weighted by Crippen LogP contribution is -2.15. The molecular weight excluding hydrogens is 268 g/mol. The Labute approximate surface area is 123 Å². The second kappa shape index (κ2) is 6.26. The zero-order valence-corrected chi connectivity index (χ0v) is 12.2. The van der Waals surface area contributed by atoms with Gasteiger partial charge in [-0.15, -0.1) is 0 Å². The fourth-order valence-electron chi connectivity index (χ4n) is 2.59. The number of hydrogen-bond acceptors (Lipinski definition) is 4. The van der Waals surface area contributed by atoms with Crippen LogP contribution in [0.15, 0.2) is 22.6 Å². The van der Waals surface area contributed by atoms with Crippen molar-refractivity contribution in [2.45, 2.75) is 45.1 Å². The number of hydrogen-bond donors (Lipinski definition) is 1. The molecule has 21 heavy (non-hydrogen) atoms. The van der Waals surface area contributed by atoms with Crippen molar-refractivity contribution in [2.24, 2.45) is 0 Å². The topological polar surface area (TPSA) is 64.4 Å². The summed E-state index contributed by atoms with van der Waals surface area (Å²) in [5, 5.41) is 2.91. The van der Waals surface area contributed by atoms with Crippen molar-refractivity contribution in [2.75, 3.05) is 11.9 Å². The van der Waals surface area contributed by atoms with Gasteiger partial charge in [-0.2, -0.15) is 0 Å². The first-order valence-corrected chi connectivity index (χ1v) is 7.55. The van der Waals surface area contributed by atoms with E-state index in [9.17, 15) is 4.79 Å². The van der Waals surface area contributed by atoms with Crippen LogP contribution in [-0.4, -0.2) is 23.6 Å². The van der Waals surface area contributed by atoms with Gasteiger partial charge in [0.25, 0.3) is 0 Å². The molecule has 1 atom stereocenters. The van der Waals surface area contributed by atoms with Gasteiger partial charge >= 0.3 is 0 Å². The number of benzene rings is 1. The van der Waals surface area contributed by atoms with E-state index < -0.39 is 0 Å². The quantitative estimate of drug-likeness (QED) is 0.917. The van der Waals surface area contributed by atoms with Crippen molar-refractivity contribution in [3.8, 4) is 0 Å². The molecule has 3 rings (SSSR count). The Balaban J connectivity index is 1.59. The first-order valence-electron chi connectivity index (χ1n) is 7.55. The maximum atomic E-state index is 12.0. The normalized spacial score (nSPS) is 18.2. The van der Waals surface area contributed by atoms with Crippen LogP contribution in [0.3, 0.4) is 0 Å². The molecule has 1 aliphatic heterocycles. The Kier molecular flexibility index (Phi) is 4.20. The van der Waals surface area contributed by atoms with Gasteiger partial charge in [-0.3, -0.25) is 4.79 Å². The average Bonchev–Trinajstić information content (AvgIpc) is 3.13. The molecule has 112 valence electrons. The third-order valence-corrected chi connectivity index (χ3v) is 3.74. The van der Waals surface area contributed by atoms with Gasteiger partial charge in [-0.05, 0) is 37.5 Å². The SMILES string of the molecule is CCc1nc2cc(NC(=O)CC[C@H]3CCCO3)ccc2o1. The fraction of sp³-hybridized carbons (Fsp3) is 0.500. The number of carbonyl (C=O) groups excluding carboxylic acids is 1. The number of fused-ring (bicyclic) bond motifs is 1. The molecule has 5 nitrogen and oxygen atoms in total. The molecular formula is C16H20N2O3. The molecule has 1 aliphatic rings. The number of ether oxygens (including phenoxy) is 1.